The number of nitrogens with one attached hydrogen (secondary N) is 1. The molecule has 140 valence electrons. The summed E-state index contributed by atoms with van der Waals surface area (Å²) in [6, 6.07) is 16.1. The van der Waals surface area contributed by atoms with Crippen molar-refractivity contribution < 1.29 is 9.59 Å². The summed E-state index contributed by atoms with van der Waals surface area (Å²) in [5, 5.41) is 3.02. The largest absolute Gasteiger partial charge is 0.326 e. The summed E-state index contributed by atoms with van der Waals surface area (Å²) in [5.41, 5.74) is 4.35. The van der Waals surface area contributed by atoms with E-state index in [0.717, 1.165) is 50.0 Å². The van der Waals surface area contributed by atoms with Crippen molar-refractivity contribution in [1.29, 1.82) is 0 Å². The molecular formula is C23H26N2O2. The molecule has 4 rings (SSSR count). The van der Waals surface area contributed by atoms with Crippen LogP contribution >= 0.6 is 0 Å². The van der Waals surface area contributed by atoms with Crippen molar-refractivity contribution in [2.75, 3.05) is 16.8 Å². The first-order valence-corrected chi connectivity index (χ1v) is 9.88. The van der Waals surface area contributed by atoms with E-state index in [1.807, 2.05) is 54.3 Å². The first-order chi connectivity index (χ1) is 13.1. The number of para-hydroxylation sites is 1. The molecule has 4 heteroatoms. The van der Waals surface area contributed by atoms with Gasteiger partial charge in [0, 0.05) is 29.8 Å². The lowest BCUT2D eigenvalue weighted by Gasteiger charge is -2.30. The second-order valence-corrected chi connectivity index (χ2v) is 7.77. The molecule has 4 nitrogen and oxygen atoms in total. The molecule has 0 spiro atoms. The molecular weight excluding hydrogens is 336 g/mol. The molecule has 2 aromatic rings. The molecule has 1 heterocycles. The summed E-state index contributed by atoms with van der Waals surface area (Å²) >= 11 is 0. The lowest BCUT2D eigenvalue weighted by Crippen LogP contribution is -2.38. The van der Waals surface area contributed by atoms with E-state index in [4.69, 9.17) is 0 Å². The van der Waals surface area contributed by atoms with Crippen LogP contribution in [0.3, 0.4) is 0 Å². The Morgan fingerprint density at radius 1 is 0.926 bits per heavy atom. The molecule has 0 unspecified atom stereocenters. The van der Waals surface area contributed by atoms with E-state index in [9.17, 15) is 9.59 Å². The van der Waals surface area contributed by atoms with E-state index in [1.54, 1.807) is 0 Å². The first-order valence-electron chi connectivity index (χ1n) is 9.88. The van der Waals surface area contributed by atoms with Gasteiger partial charge in [-0.3, -0.25) is 9.59 Å². The average Bonchev–Trinajstić information content (AvgIpc) is 3.13. The van der Waals surface area contributed by atoms with Crippen molar-refractivity contribution in [1.82, 2.24) is 0 Å². The number of hydrogen-bond acceptors (Lipinski definition) is 2. The van der Waals surface area contributed by atoms with Crippen molar-refractivity contribution in [3.05, 3.63) is 59.7 Å². The molecule has 0 radical (unpaired) electrons. The van der Waals surface area contributed by atoms with E-state index < -0.39 is 0 Å². The Bertz CT molecular complexity index is 836. The van der Waals surface area contributed by atoms with Gasteiger partial charge >= 0.3 is 0 Å². The van der Waals surface area contributed by atoms with Gasteiger partial charge in [0.2, 0.25) is 11.8 Å². The van der Waals surface area contributed by atoms with Crippen molar-refractivity contribution in [2.45, 2.75) is 39.0 Å². The Morgan fingerprint density at radius 2 is 1.59 bits per heavy atom. The van der Waals surface area contributed by atoms with E-state index in [0.29, 0.717) is 0 Å². The Hall–Kier alpha value is -2.62. The summed E-state index contributed by atoms with van der Waals surface area (Å²) in [6.45, 7) is 2.81. The second-order valence-electron chi connectivity index (χ2n) is 7.77. The quantitative estimate of drug-likeness (QED) is 0.883. The van der Waals surface area contributed by atoms with Crippen LogP contribution in [0.2, 0.25) is 0 Å². The minimum atomic E-state index is 0.00113. The summed E-state index contributed by atoms with van der Waals surface area (Å²) in [5.74, 6) is 0.356. The molecule has 0 bridgehead atoms. The predicted octanol–water partition coefficient (Wildman–Crippen LogP) is 4.33. The topological polar surface area (TPSA) is 49.4 Å². The van der Waals surface area contributed by atoms with Gasteiger partial charge in [-0.05, 0) is 62.8 Å². The minimum Gasteiger partial charge on any atom is -0.326 e. The summed E-state index contributed by atoms with van der Waals surface area (Å²) < 4.78 is 0. The molecule has 2 amide bonds. The first kappa shape index (κ1) is 17.8. The molecule has 0 saturated heterocycles. The number of aryl methyl sites for hydroxylation is 1. The van der Waals surface area contributed by atoms with Crippen LogP contribution in [0.1, 0.15) is 36.8 Å². The van der Waals surface area contributed by atoms with Crippen molar-refractivity contribution in [3.63, 3.8) is 0 Å². The smallest absolute Gasteiger partial charge is 0.230 e. The molecule has 1 fully saturated rings. The summed E-state index contributed by atoms with van der Waals surface area (Å²) in [4.78, 5) is 27.5. The fourth-order valence-electron chi connectivity index (χ4n) is 4.27. The highest BCUT2D eigenvalue weighted by Crippen LogP contribution is 2.35. The molecule has 2 aliphatic rings. The highest BCUT2D eigenvalue weighted by Gasteiger charge is 2.34. The van der Waals surface area contributed by atoms with Crippen molar-refractivity contribution in [2.24, 2.45) is 11.8 Å². The SMILES string of the molecule is Cc1ccc(NC(=O)C2CCC(C(=O)N3CCc4ccccc43)CC2)cc1. The summed E-state index contributed by atoms with van der Waals surface area (Å²) in [7, 11) is 0. The molecule has 0 atom stereocenters. The number of carbonyl (C=O) groups excluding carboxylic acids is 2. The number of hydrogen-bond donors (Lipinski definition) is 1. The fourth-order valence-corrected chi connectivity index (χ4v) is 4.27. The standard InChI is InChI=1S/C23H26N2O2/c1-16-6-12-20(13-7-16)24-22(26)18-8-10-19(11-9-18)23(27)25-15-14-17-4-2-3-5-21(17)25/h2-7,12-13,18-19H,8-11,14-15H2,1H3,(H,24,26). The maximum atomic E-state index is 13.0. The van der Waals surface area contributed by atoms with E-state index in [2.05, 4.69) is 11.4 Å². The highest BCUT2D eigenvalue weighted by atomic mass is 16.2. The highest BCUT2D eigenvalue weighted by molar-refractivity contribution is 5.97. The van der Waals surface area contributed by atoms with Gasteiger partial charge in [0.1, 0.15) is 0 Å². The van der Waals surface area contributed by atoms with Crippen LogP contribution in [0, 0.1) is 18.8 Å². The molecule has 1 aliphatic carbocycles. The van der Waals surface area contributed by atoms with Gasteiger partial charge in [-0.25, -0.2) is 0 Å². The van der Waals surface area contributed by atoms with Gasteiger partial charge in [-0.15, -0.1) is 0 Å². The number of nitrogens with zero attached hydrogens (tertiary/aromatic N) is 1. The molecule has 1 saturated carbocycles. The van der Waals surface area contributed by atoms with Gasteiger partial charge in [0.05, 0.1) is 0 Å². The van der Waals surface area contributed by atoms with E-state index >= 15 is 0 Å². The minimum absolute atomic E-state index is 0.00113. The normalized spacial score (nSPS) is 21.6. The van der Waals surface area contributed by atoms with Crippen LogP contribution in [0.4, 0.5) is 11.4 Å². The van der Waals surface area contributed by atoms with E-state index in [1.165, 1.54) is 11.1 Å². The fraction of sp³-hybridized carbons (Fsp3) is 0.391. The number of fused-ring (bicyclic) bond motifs is 1. The lowest BCUT2D eigenvalue weighted by atomic mass is 9.81. The number of amides is 2. The van der Waals surface area contributed by atoms with Crippen LogP contribution in [-0.4, -0.2) is 18.4 Å². The third-order valence-corrected chi connectivity index (χ3v) is 5.92. The summed E-state index contributed by atoms with van der Waals surface area (Å²) in [6.07, 6.45) is 4.09. The number of anilines is 2. The van der Waals surface area contributed by atoms with Gasteiger partial charge in [-0.2, -0.15) is 0 Å². The number of carbonyl (C=O) groups is 2. The Balaban J connectivity index is 1.33. The Kier molecular flexibility index (Phi) is 4.97. The molecule has 1 N–H and O–H groups in total. The second kappa shape index (κ2) is 7.55. The molecule has 1 aliphatic heterocycles. The van der Waals surface area contributed by atoms with Gasteiger partial charge in [0.15, 0.2) is 0 Å². The zero-order valence-electron chi connectivity index (χ0n) is 15.8. The number of rotatable bonds is 3. The van der Waals surface area contributed by atoms with Crippen LogP contribution < -0.4 is 10.2 Å². The molecule has 0 aromatic heterocycles. The van der Waals surface area contributed by atoms with Gasteiger partial charge < -0.3 is 10.2 Å². The van der Waals surface area contributed by atoms with Crippen LogP contribution in [-0.2, 0) is 16.0 Å². The van der Waals surface area contributed by atoms with Gasteiger partial charge in [-0.1, -0.05) is 35.9 Å². The Labute approximate surface area is 160 Å². The van der Waals surface area contributed by atoms with Crippen LogP contribution in [0.15, 0.2) is 48.5 Å². The van der Waals surface area contributed by atoms with E-state index in [-0.39, 0.29) is 23.7 Å². The van der Waals surface area contributed by atoms with Crippen LogP contribution in [0.25, 0.3) is 0 Å². The molecule has 2 aromatic carbocycles. The third-order valence-electron chi connectivity index (χ3n) is 5.92. The van der Waals surface area contributed by atoms with Crippen molar-refractivity contribution >= 4 is 23.2 Å². The predicted molar refractivity (Wildman–Crippen MR) is 108 cm³/mol. The van der Waals surface area contributed by atoms with Gasteiger partial charge in [0.25, 0.3) is 0 Å². The zero-order valence-corrected chi connectivity index (χ0v) is 15.8. The molecule has 27 heavy (non-hydrogen) atoms. The monoisotopic (exact) mass is 362 g/mol. The van der Waals surface area contributed by atoms with Crippen LogP contribution in [0.5, 0.6) is 0 Å². The van der Waals surface area contributed by atoms with Crippen molar-refractivity contribution in [3.8, 4) is 0 Å². The zero-order chi connectivity index (χ0) is 18.8. The average molecular weight is 362 g/mol. The lowest BCUT2D eigenvalue weighted by molar-refractivity contribution is -0.126. The number of benzene rings is 2. The maximum Gasteiger partial charge on any atom is 0.230 e. The maximum absolute atomic E-state index is 13.0. The third kappa shape index (κ3) is 3.75. The Morgan fingerprint density at radius 3 is 2.33 bits per heavy atom.